The smallest absolute Gasteiger partial charge is 0.176 e. The fraction of sp³-hybridized carbons (Fsp3) is 0.375. The van der Waals surface area contributed by atoms with Gasteiger partial charge < -0.3 is 4.57 Å². The van der Waals surface area contributed by atoms with Gasteiger partial charge in [0.05, 0.1) is 5.25 Å². The number of hydrogen-bond donors (Lipinski definition) is 0. The number of Topliss-reactive ketones (excluding diaryl/α,β-unsaturated/α-hetero) is 1. The van der Waals surface area contributed by atoms with Gasteiger partial charge in [-0.25, -0.2) is 4.98 Å². The SMILES string of the molecule is Cc1cc(C)c(C(=O)[C@@H](C)Sc2nccn2C)cc1C. The third-order valence-electron chi connectivity index (χ3n) is 3.53. The van der Waals surface area contributed by atoms with Gasteiger partial charge in [0.15, 0.2) is 10.9 Å². The van der Waals surface area contributed by atoms with E-state index in [0.717, 1.165) is 21.8 Å². The van der Waals surface area contributed by atoms with E-state index < -0.39 is 0 Å². The molecule has 106 valence electrons. The van der Waals surface area contributed by atoms with Crippen LogP contribution in [0.1, 0.15) is 34.0 Å². The van der Waals surface area contributed by atoms with Crippen LogP contribution in [0.2, 0.25) is 0 Å². The summed E-state index contributed by atoms with van der Waals surface area (Å²) in [6, 6.07) is 4.09. The predicted molar refractivity (Wildman–Crippen MR) is 83.5 cm³/mol. The zero-order valence-corrected chi connectivity index (χ0v) is 13.4. The molecule has 20 heavy (non-hydrogen) atoms. The van der Waals surface area contributed by atoms with Crippen molar-refractivity contribution in [2.75, 3.05) is 0 Å². The first kappa shape index (κ1) is 14.9. The number of thioether (sulfide) groups is 1. The van der Waals surface area contributed by atoms with Crippen molar-refractivity contribution in [3.63, 3.8) is 0 Å². The second kappa shape index (κ2) is 5.83. The Morgan fingerprint density at radius 2 is 1.85 bits per heavy atom. The van der Waals surface area contributed by atoms with Crippen LogP contribution in [-0.2, 0) is 7.05 Å². The molecule has 4 heteroatoms. The summed E-state index contributed by atoms with van der Waals surface area (Å²) in [5.41, 5.74) is 4.25. The average Bonchev–Trinajstić information content (AvgIpc) is 2.78. The van der Waals surface area contributed by atoms with Crippen molar-refractivity contribution >= 4 is 17.5 Å². The van der Waals surface area contributed by atoms with Gasteiger partial charge in [-0.3, -0.25) is 4.79 Å². The Kier molecular flexibility index (Phi) is 4.33. The minimum atomic E-state index is -0.142. The van der Waals surface area contributed by atoms with Crippen molar-refractivity contribution in [1.82, 2.24) is 9.55 Å². The van der Waals surface area contributed by atoms with Crippen molar-refractivity contribution in [2.24, 2.45) is 7.05 Å². The lowest BCUT2D eigenvalue weighted by Gasteiger charge is -2.13. The number of ketones is 1. The Morgan fingerprint density at radius 1 is 1.20 bits per heavy atom. The zero-order valence-electron chi connectivity index (χ0n) is 12.6. The second-order valence-electron chi connectivity index (χ2n) is 5.20. The average molecular weight is 288 g/mol. The molecule has 0 amide bonds. The molecule has 3 nitrogen and oxygen atoms in total. The van der Waals surface area contributed by atoms with Crippen LogP contribution < -0.4 is 0 Å². The first-order valence-corrected chi connectivity index (χ1v) is 7.54. The van der Waals surface area contributed by atoms with Gasteiger partial charge in [0.25, 0.3) is 0 Å². The van der Waals surface area contributed by atoms with Crippen LogP contribution in [0.25, 0.3) is 0 Å². The quantitative estimate of drug-likeness (QED) is 0.635. The van der Waals surface area contributed by atoms with E-state index in [-0.39, 0.29) is 11.0 Å². The number of carbonyl (C=O) groups is 1. The van der Waals surface area contributed by atoms with Gasteiger partial charge in [-0.1, -0.05) is 17.8 Å². The standard InChI is InChI=1S/C16H20N2OS/c1-10-8-12(3)14(9-11(10)2)15(19)13(4)20-16-17-6-7-18(16)5/h6-9,13H,1-5H3/t13-/m1/s1. The maximum atomic E-state index is 12.6. The minimum absolute atomic E-state index is 0.142. The third kappa shape index (κ3) is 2.96. The van der Waals surface area contributed by atoms with Crippen molar-refractivity contribution < 1.29 is 4.79 Å². The lowest BCUT2D eigenvalue weighted by molar-refractivity contribution is 0.0993. The fourth-order valence-electron chi connectivity index (χ4n) is 2.12. The van der Waals surface area contributed by atoms with Crippen molar-refractivity contribution in [3.8, 4) is 0 Å². The molecule has 2 aromatic rings. The zero-order chi connectivity index (χ0) is 14.9. The van der Waals surface area contributed by atoms with E-state index in [2.05, 4.69) is 18.0 Å². The molecule has 1 heterocycles. The highest BCUT2D eigenvalue weighted by atomic mass is 32.2. The first-order chi connectivity index (χ1) is 9.40. The van der Waals surface area contributed by atoms with E-state index >= 15 is 0 Å². The number of carbonyl (C=O) groups excluding carboxylic acids is 1. The molecule has 0 fully saturated rings. The molecule has 1 atom stereocenters. The summed E-state index contributed by atoms with van der Waals surface area (Å²) in [4.78, 5) is 16.9. The number of aromatic nitrogens is 2. The molecule has 1 aromatic carbocycles. The fourth-order valence-corrected chi connectivity index (χ4v) is 3.02. The Bertz CT molecular complexity index is 646. The molecule has 0 radical (unpaired) electrons. The molecule has 0 unspecified atom stereocenters. The van der Waals surface area contributed by atoms with Crippen molar-refractivity contribution in [1.29, 1.82) is 0 Å². The van der Waals surface area contributed by atoms with E-state index in [1.807, 2.05) is 44.6 Å². The number of nitrogens with zero attached hydrogens (tertiary/aromatic N) is 2. The van der Waals surface area contributed by atoms with Crippen LogP contribution in [0.5, 0.6) is 0 Å². The third-order valence-corrected chi connectivity index (χ3v) is 4.71. The van der Waals surface area contributed by atoms with Gasteiger partial charge in [0.2, 0.25) is 0 Å². The van der Waals surface area contributed by atoms with E-state index in [9.17, 15) is 4.79 Å². The Balaban J connectivity index is 2.23. The van der Waals surface area contributed by atoms with Crippen LogP contribution in [0.4, 0.5) is 0 Å². The van der Waals surface area contributed by atoms with Crippen LogP contribution in [0.15, 0.2) is 29.7 Å². The molecule has 2 rings (SSSR count). The van der Waals surface area contributed by atoms with E-state index in [0.29, 0.717) is 0 Å². The maximum absolute atomic E-state index is 12.6. The summed E-state index contributed by atoms with van der Waals surface area (Å²) in [7, 11) is 1.94. The second-order valence-corrected chi connectivity index (χ2v) is 6.50. The first-order valence-electron chi connectivity index (χ1n) is 6.66. The van der Waals surface area contributed by atoms with Crippen LogP contribution in [-0.4, -0.2) is 20.6 Å². The highest BCUT2D eigenvalue weighted by molar-refractivity contribution is 8.00. The minimum Gasteiger partial charge on any atom is -0.329 e. The number of hydrogen-bond acceptors (Lipinski definition) is 3. The summed E-state index contributed by atoms with van der Waals surface area (Å²) < 4.78 is 1.93. The van der Waals surface area contributed by atoms with Crippen LogP contribution in [0.3, 0.4) is 0 Å². The van der Waals surface area contributed by atoms with Gasteiger partial charge >= 0.3 is 0 Å². The van der Waals surface area contributed by atoms with E-state index in [4.69, 9.17) is 0 Å². The Hall–Kier alpha value is -1.55. The molecule has 0 saturated heterocycles. The molecule has 1 aromatic heterocycles. The molecule has 0 bridgehead atoms. The molecular weight excluding hydrogens is 268 g/mol. The highest BCUT2D eigenvalue weighted by Crippen LogP contribution is 2.26. The lowest BCUT2D eigenvalue weighted by Crippen LogP contribution is -2.16. The Labute approximate surface area is 124 Å². The van der Waals surface area contributed by atoms with Gasteiger partial charge in [0, 0.05) is 25.0 Å². The predicted octanol–water partition coefficient (Wildman–Crippen LogP) is 3.71. The number of benzene rings is 1. The molecule has 0 N–H and O–H groups in total. The normalized spacial score (nSPS) is 12.4. The van der Waals surface area contributed by atoms with Gasteiger partial charge in [-0.2, -0.15) is 0 Å². The van der Waals surface area contributed by atoms with Crippen LogP contribution in [0, 0.1) is 20.8 Å². The van der Waals surface area contributed by atoms with E-state index in [1.54, 1.807) is 6.20 Å². The van der Waals surface area contributed by atoms with Crippen molar-refractivity contribution in [3.05, 3.63) is 46.8 Å². The summed E-state index contributed by atoms with van der Waals surface area (Å²) in [6.45, 7) is 8.05. The molecule has 0 spiro atoms. The molecule has 0 aliphatic rings. The number of aryl methyl sites for hydroxylation is 4. The highest BCUT2D eigenvalue weighted by Gasteiger charge is 2.20. The number of rotatable bonds is 4. The molecule has 0 aliphatic carbocycles. The van der Waals surface area contributed by atoms with E-state index in [1.165, 1.54) is 17.3 Å². The monoisotopic (exact) mass is 288 g/mol. The lowest BCUT2D eigenvalue weighted by atomic mass is 9.97. The summed E-state index contributed by atoms with van der Waals surface area (Å²) in [5, 5.41) is 0.726. The topological polar surface area (TPSA) is 34.9 Å². The maximum Gasteiger partial charge on any atom is 0.176 e. The largest absolute Gasteiger partial charge is 0.329 e. The van der Waals surface area contributed by atoms with Gasteiger partial charge in [-0.05, 0) is 50.5 Å². The summed E-state index contributed by atoms with van der Waals surface area (Å²) in [6.07, 6.45) is 3.64. The van der Waals surface area contributed by atoms with Gasteiger partial charge in [-0.15, -0.1) is 0 Å². The van der Waals surface area contributed by atoms with Crippen molar-refractivity contribution in [2.45, 2.75) is 38.1 Å². The summed E-state index contributed by atoms with van der Waals surface area (Å²) in [5.74, 6) is 0.165. The van der Waals surface area contributed by atoms with Gasteiger partial charge in [0.1, 0.15) is 0 Å². The molecule has 0 aliphatic heterocycles. The number of imidazole rings is 1. The summed E-state index contributed by atoms with van der Waals surface area (Å²) >= 11 is 1.50. The van der Waals surface area contributed by atoms with Crippen LogP contribution >= 0.6 is 11.8 Å². The molecular formula is C16H20N2OS. The molecule has 0 saturated carbocycles. The Morgan fingerprint density at radius 3 is 2.45 bits per heavy atom.